The molecule has 1 aromatic rings. The Bertz CT molecular complexity index is 236. The van der Waals surface area contributed by atoms with Crippen LogP contribution in [0.15, 0.2) is 36.5 Å². The first-order valence-corrected chi connectivity index (χ1v) is 3.74. The zero-order valence-corrected chi connectivity index (χ0v) is 6.96. The van der Waals surface area contributed by atoms with Crippen molar-refractivity contribution >= 4 is 5.57 Å². The SMILES string of the molecule is CN/C=C(/C)c1ccccc1. The molecule has 0 saturated heterocycles. The summed E-state index contributed by atoms with van der Waals surface area (Å²) in [7, 11) is 1.91. The third-order valence-corrected chi connectivity index (χ3v) is 1.59. The largest absolute Gasteiger partial charge is 0.394 e. The molecule has 0 fully saturated rings. The van der Waals surface area contributed by atoms with Crippen LogP contribution >= 0.6 is 0 Å². The van der Waals surface area contributed by atoms with Crippen molar-refractivity contribution < 1.29 is 0 Å². The first-order valence-electron chi connectivity index (χ1n) is 3.74. The second kappa shape index (κ2) is 3.81. The van der Waals surface area contributed by atoms with E-state index in [1.165, 1.54) is 11.1 Å². The molecule has 0 atom stereocenters. The van der Waals surface area contributed by atoms with Gasteiger partial charge in [0.2, 0.25) is 0 Å². The van der Waals surface area contributed by atoms with Crippen molar-refractivity contribution in [2.75, 3.05) is 7.05 Å². The highest BCUT2D eigenvalue weighted by atomic mass is 14.8. The molecule has 0 radical (unpaired) electrons. The highest BCUT2D eigenvalue weighted by Crippen LogP contribution is 2.10. The summed E-state index contributed by atoms with van der Waals surface area (Å²) in [6, 6.07) is 10.3. The van der Waals surface area contributed by atoms with E-state index >= 15 is 0 Å². The number of allylic oxidation sites excluding steroid dienone is 1. The summed E-state index contributed by atoms with van der Waals surface area (Å²) in [5, 5.41) is 3.00. The third-order valence-electron chi connectivity index (χ3n) is 1.59. The lowest BCUT2D eigenvalue weighted by molar-refractivity contribution is 1.10. The molecule has 0 spiro atoms. The topological polar surface area (TPSA) is 12.0 Å². The van der Waals surface area contributed by atoms with E-state index in [2.05, 4.69) is 24.4 Å². The van der Waals surface area contributed by atoms with Crippen molar-refractivity contribution in [3.8, 4) is 0 Å². The number of nitrogens with one attached hydrogen (secondary N) is 1. The van der Waals surface area contributed by atoms with Gasteiger partial charge >= 0.3 is 0 Å². The Hall–Kier alpha value is -1.24. The third kappa shape index (κ3) is 2.11. The van der Waals surface area contributed by atoms with Gasteiger partial charge < -0.3 is 5.32 Å². The smallest absolute Gasteiger partial charge is 0.00278 e. The summed E-state index contributed by atoms with van der Waals surface area (Å²) in [5.41, 5.74) is 2.52. The van der Waals surface area contributed by atoms with E-state index in [0.29, 0.717) is 0 Å². The van der Waals surface area contributed by atoms with Gasteiger partial charge in [-0.1, -0.05) is 30.3 Å². The van der Waals surface area contributed by atoms with Crippen molar-refractivity contribution in [1.82, 2.24) is 5.32 Å². The quantitative estimate of drug-likeness (QED) is 0.676. The molecule has 1 heteroatoms. The molecule has 0 aromatic heterocycles. The molecule has 0 unspecified atom stereocenters. The van der Waals surface area contributed by atoms with E-state index in [1.807, 2.05) is 31.4 Å². The number of hydrogen-bond donors (Lipinski definition) is 1. The lowest BCUT2D eigenvalue weighted by Crippen LogP contribution is -1.93. The fraction of sp³-hybridized carbons (Fsp3) is 0.200. The van der Waals surface area contributed by atoms with Gasteiger partial charge in [0.1, 0.15) is 0 Å². The minimum atomic E-state index is 1.26. The summed E-state index contributed by atoms with van der Waals surface area (Å²) in [6.45, 7) is 2.09. The zero-order chi connectivity index (χ0) is 8.10. The maximum Gasteiger partial charge on any atom is 0.00278 e. The second-order valence-electron chi connectivity index (χ2n) is 2.48. The molecule has 0 bridgehead atoms. The van der Waals surface area contributed by atoms with Crippen LogP contribution in [0.4, 0.5) is 0 Å². The van der Waals surface area contributed by atoms with Crippen LogP contribution in [0.3, 0.4) is 0 Å². The summed E-state index contributed by atoms with van der Waals surface area (Å²) < 4.78 is 0. The lowest BCUT2D eigenvalue weighted by Gasteiger charge is -1.99. The fourth-order valence-electron chi connectivity index (χ4n) is 1.00. The van der Waals surface area contributed by atoms with E-state index in [4.69, 9.17) is 0 Å². The van der Waals surface area contributed by atoms with Gasteiger partial charge in [-0.3, -0.25) is 0 Å². The van der Waals surface area contributed by atoms with E-state index in [0.717, 1.165) is 0 Å². The van der Waals surface area contributed by atoms with Gasteiger partial charge in [0.05, 0.1) is 0 Å². The maximum atomic E-state index is 3.00. The van der Waals surface area contributed by atoms with Gasteiger partial charge in [-0.15, -0.1) is 0 Å². The summed E-state index contributed by atoms with van der Waals surface area (Å²) in [6.07, 6.45) is 2.00. The van der Waals surface area contributed by atoms with Crippen molar-refractivity contribution in [3.05, 3.63) is 42.1 Å². The summed E-state index contributed by atoms with van der Waals surface area (Å²) in [4.78, 5) is 0. The molecule has 0 aliphatic carbocycles. The minimum Gasteiger partial charge on any atom is -0.394 e. The number of benzene rings is 1. The van der Waals surface area contributed by atoms with E-state index in [1.54, 1.807) is 0 Å². The van der Waals surface area contributed by atoms with E-state index in [-0.39, 0.29) is 0 Å². The molecule has 58 valence electrons. The number of rotatable bonds is 2. The van der Waals surface area contributed by atoms with Gasteiger partial charge in [-0.25, -0.2) is 0 Å². The van der Waals surface area contributed by atoms with Crippen LogP contribution in [-0.4, -0.2) is 7.05 Å². The highest BCUT2D eigenvalue weighted by molar-refractivity contribution is 5.62. The van der Waals surface area contributed by atoms with Gasteiger partial charge in [-0.05, 0) is 24.3 Å². The second-order valence-corrected chi connectivity index (χ2v) is 2.48. The van der Waals surface area contributed by atoms with Crippen molar-refractivity contribution in [2.45, 2.75) is 6.92 Å². The Kier molecular flexibility index (Phi) is 2.73. The van der Waals surface area contributed by atoms with Crippen LogP contribution in [0, 0.1) is 0 Å². The first kappa shape index (κ1) is 7.86. The van der Waals surface area contributed by atoms with Crippen molar-refractivity contribution in [1.29, 1.82) is 0 Å². The summed E-state index contributed by atoms with van der Waals surface area (Å²) in [5.74, 6) is 0. The Labute approximate surface area is 67.8 Å². The van der Waals surface area contributed by atoms with Gasteiger partial charge in [-0.2, -0.15) is 0 Å². The molecule has 1 rings (SSSR count). The normalized spacial score (nSPS) is 11.3. The fourth-order valence-corrected chi connectivity index (χ4v) is 1.00. The van der Waals surface area contributed by atoms with Crippen molar-refractivity contribution in [3.63, 3.8) is 0 Å². The Morgan fingerprint density at radius 3 is 2.45 bits per heavy atom. The molecule has 11 heavy (non-hydrogen) atoms. The zero-order valence-electron chi connectivity index (χ0n) is 6.96. The molecular formula is C10H13N. The molecule has 1 nitrogen and oxygen atoms in total. The molecule has 0 saturated carbocycles. The van der Waals surface area contributed by atoms with Crippen LogP contribution in [0.1, 0.15) is 12.5 Å². The molecule has 0 aliphatic rings. The van der Waals surface area contributed by atoms with Gasteiger partial charge in [0.15, 0.2) is 0 Å². The van der Waals surface area contributed by atoms with Crippen molar-refractivity contribution in [2.24, 2.45) is 0 Å². The van der Waals surface area contributed by atoms with Crippen LogP contribution in [0.25, 0.3) is 5.57 Å². The molecule has 1 aromatic carbocycles. The standard InChI is InChI=1S/C10H13N/c1-9(8-11-2)10-6-4-3-5-7-10/h3-8,11H,1-2H3/b9-8-. The lowest BCUT2D eigenvalue weighted by atomic mass is 10.1. The molecular weight excluding hydrogens is 134 g/mol. The molecule has 0 aliphatic heterocycles. The average Bonchev–Trinajstić information content (AvgIpc) is 2.07. The average molecular weight is 147 g/mol. The Balaban J connectivity index is 2.85. The van der Waals surface area contributed by atoms with Crippen LogP contribution in [0.2, 0.25) is 0 Å². The van der Waals surface area contributed by atoms with Gasteiger partial charge in [0, 0.05) is 7.05 Å². The van der Waals surface area contributed by atoms with Crippen LogP contribution in [-0.2, 0) is 0 Å². The minimum absolute atomic E-state index is 1.26. The van der Waals surface area contributed by atoms with E-state index in [9.17, 15) is 0 Å². The molecule has 1 N–H and O–H groups in total. The predicted molar refractivity (Wildman–Crippen MR) is 49.2 cm³/mol. The Morgan fingerprint density at radius 2 is 1.91 bits per heavy atom. The van der Waals surface area contributed by atoms with Crippen LogP contribution < -0.4 is 5.32 Å². The van der Waals surface area contributed by atoms with Gasteiger partial charge in [0.25, 0.3) is 0 Å². The predicted octanol–water partition coefficient (Wildman–Crippen LogP) is 2.27. The molecule has 0 amide bonds. The summed E-state index contributed by atoms with van der Waals surface area (Å²) >= 11 is 0. The monoisotopic (exact) mass is 147 g/mol. The van der Waals surface area contributed by atoms with Crippen LogP contribution in [0.5, 0.6) is 0 Å². The maximum absolute atomic E-state index is 3.00. The number of hydrogen-bond acceptors (Lipinski definition) is 1. The first-order chi connectivity index (χ1) is 5.34. The molecule has 0 heterocycles. The highest BCUT2D eigenvalue weighted by Gasteiger charge is 1.90. The van der Waals surface area contributed by atoms with E-state index < -0.39 is 0 Å². The Morgan fingerprint density at radius 1 is 1.27 bits per heavy atom.